The average molecular weight is 475 g/mol. The monoisotopic (exact) mass is 474 g/mol. The Morgan fingerprint density at radius 1 is 0.909 bits per heavy atom. The van der Waals surface area contributed by atoms with Crippen molar-refractivity contribution in [2.45, 2.75) is 36.1 Å². The van der Waals surface area contributed by atoms with Crippen LogP contribution in [0.25, 0.3) is 0 Å². The normalized spacial score (nSPS) is 32.2. The van der Waals surface area contributed by atoms with Crippen LogP contribution in [0.2, 0.25) is 5.02 Å². The minimum absolute atomic E-state index is 0.454. The van der Waals surface area contributed by atoms with Crippen LogP contribution in [0.15, 0.2) is 65.7 Å². The van der Waals surface area contributed by atoms with Gasteiger partial charge >= 0.3 is 0 Å². The van der Waals surface area contributed by atoms with Gasteiger partial charge in [0.1, 0.15) is 10.8 Å². The van der Waals surface area contributed by atoms with Crippen LogP contribution in [-0.4, -0.2) is 12.0 Å². The third kappa shape index (κ3) is 2.67. The molecule has 2 atom stereocenters. The molecule has 1 heterocycles. The zero-order chi connectivity index (χ0) is 22.2. The first-order valence-electron chi connectivity index (χ1n) is 11.9. The first-order chi connectivity index (χ1) is 16.1. The Hall–Kier alpha value is -2.21. The van der Waals surface area contributed by atoms with Crippen LogP contribution < -0.4 is 15.4 Å². The number of nitrogens with zero attached hydrogens (tertiary/aromatic N) is 1. The Bertz CT molecular complexity index is 1220. The maximum absolute atomic E-state index is 6.77. The zero-order valence-corrected chi connectivity index (χ0v) is 20.1. The quantitative estimate of drug-likeness (QED) is 0.318. The summed E-state index contributed by atoms with van der Waals surface area (Å²) in [5.41, 5.74) is 5.61. The number of pyridine rings is 1. The van der Waals surface area contributed by atoms with Gasteiger partial charge in [-0.2, -0.15) is 0 Å². The smallest absolute Gasteiger partial charge is 0.131 e. The molecule has 1 spiro atoms. The van der Waals surface area contributed by atoms with Crippen molar-refractivity contribution in [3.63, 3.8) is 0 Å². The number of anilines is 4. The van der Waals surface area contributed by atoms with Crippen molar-refractivity contribution < 1.29 is 0 Å². The number of nitrogens with one attached hydrogen (secondary N) is 3. The van der Waals surface area contributed by atoms with Crippen molar-refractivity contribution in [3.05, 3.63) is 71.2 Å². The molecule has 4 fully saturated rings. The second-order valence-electron chi connectivity index (χ2n) is 10.2. The molecule has 4 aliphatic rings. The standard InChI is InChI=1S/C27H27ClN4S/c1-29-33-25-4-2-3-24(32-25)31-21-8-6-20(7-9-21)30-23-10-5-16(13-22(23)28)26-14-18-11-17-12-19(15-26)27(17,18)26/h2-10,13,17-19,29-30H,11-12,14-15H2,1H3,(H,31,32). The highest BCUT2D eigenvalue weighted by molar-refractivity contribution is 7.97. The molecule has 2 unspecified atom stereocenters. The van der Waals surface area contributed by atoms with E-state index in [0.29, 0.717) is 10.8 Å². The van der Waals surface area contributed by atoms with Gasteiger partial charge in [0.05, 0.1) is 10.7 Å². The first kappa shape index (κ1) is 20.2. The molecule has 1 aromatic heterocycles. The van der Waals surface area contributed by atoms with Gasteiger partial charge < -0.3 is 10.6 Å². The van der Waals surface area contributed by atoms with Gasteiger partial charge in [-0.3, -0.25) is 4.72 Å². The molecule has 4 aliphatic carbocycles. The van der Waals surface area contributed by atoms with E-state index in [1.165, 1.54) is 43.2 Å². The SMILES string of the molecule is CNSc1cccc(Nc2ccc(Nc3ccc(C45CC6CC7CC(C4)C765)cc3Cl)cc2)n1. The largest absolute Gasteiger partial charge is 0.354 e. The van der Waals surface area contributed by atoms with Crippen molar-refractivity contribution >= 4 is 46.4 Å². The molecule has 0 saturated heterocycles. The molecular formula is C27H27ClN4S. The van der Waals surface area contributed by atoms with Crippen LogP contribution in [0.3, 0.4) is 0 Å². The fourth-order valence-corrected chi connectivity index (χ4v) is 8.65. The van der Waals surface area contributed by atoms with E-state index in [0.717, 1.165) is 50.7 Å². The molecule has 4 saturated carbocycles. The molecule has 2 aromatic carbocycles. The highest BCUT2D eigenvalue weighted by atomic mass is 35.5. The number of halogens is 1. The summed E-state index contributed by atoms with van der Waals surface area (Å²) in [7, 11) is 1.89. The molecular weight excluding hydrogens is 448 g/mol. The lowest BCUT2D eigenvalue weighted by molar-refractivity contribution is -0.395. The van der Waals surface area contributed by atoms with Gasteiger partial charge in [0.25, 0.3) is 0 Å². The summed E-state index contributed by atoms with van der Waals surface area (Å²) in [5, 5.41) is 8.62. The lowest BCUT2D eigenvalue weighted by atomic mass is 9.12. The van der Waals surface area contributed by atoms with Gasteiger partial charge in [-0.15, -0.1) is 0 Å². The number of aromatic nitrogens is 1. The van der Waals surface area contributed by atoms with E-state index in [-0.39, 0.29) is 0 Å². The summed E-state index contributed by atoms with van der Waals surface area (Å²) in [5.74, 6) is 3.86. The molecule has 3 N–H and O–H groups in total. The third-order valence-corrected chi connectivity index (χ3v) is 10.0. The van der Waals surface area contributed by atoms with Crippen LogP contribution >= 0.6 is 23.5 Å². The highest BCUT2D eigenvalue weighted by Crippen LogP contribution is 2.92. The van der Waals surface area contributed by atoms with Crippen LogP contribution in [0.4, 0.5) is 22.9 Å². The Kier molecular flexibility index (Phi) is 4.37. The number of rotatable bonds is 7. The highest BCUT2D eigenvalue weighted by Gasteiger charge is 2.87. The van der Waals surface area contributed by atoms with Crippen molar-refractivity contribution in [3.8, 4) is 0 Å². The summed E-state index contributed by atoms with van der Waals surface area (Å²) < 4.78 is 3.05. The van der Waals surface area contributed by atoms with Crippen molar-refractivity contribution in [1.29, 1.82) is 0 Å². The van der Waals surface area contributed by atoms with Gasteiger partial charge in [-0.1, -0.05) is 23.7 Å². The van der Waals surface area contributed by atoms with Crippen molar-refractivity contribution in [2.75, 3.05) is 17.7 Å². The van der Waals surface area contributed by atoms with Gasteiger partial charge in [-0.25, -0.2) is 4.98 Å². The fraction of sp³-hybridized carbons (Fsp3) is 0.370. The minimum Gasteiger partial charge on any atom is -0.354 e. The van der Waals surface area contributed by atoms with E-state index in [4.69, 9.17) is 11.6 Å². The second-order valence-corrected chi connectivity index (χ2v) is 11.6. The zero-order valence-electron chi connectivity index (χ0n) is 18.6. The summed E-state index contributed by atoms with van der Waals surface area (Å²) >= 11 is 8.27. The molecule has 7 rings (SSSR count). The van der Waals surface area contributed by atoms with E-state index < -0.39 is 0 Å². The van der Waals surface area contributed by atoms with Gasteiger partial charge in [0, 0.05) is 16.8 Å². The van der Waals surface area contributed by atoms with Gasteiger partial charge in [-0.05, 0) is 122 Å². The lowest BCUT2D eigenvalue weighted by Crippen LogP contribution is -2.87. The molecule has 33 heavy (non-hydrogen) atoms. The lowest BCUT2D eigenvalue weighted by Gasteiger charge is -2.91. The van der Waals surface area contributed by atoms with E-state index in [9.17, 15) is 0 Å². The molecule has 0 amide bonds. The van der Waals surface area contributed by atoms with Gasteiger partial charge in [0.2, 0.25) is 0 Å². The summed E-state index contributed by atoms with van der Waals surface area (Å²) in [6.07, 6.45) is 5.77. The Morgan fingerprint density at radius 3 is 2.27 bits per heavy atom. The summed E-state index contributed by atoms with van der Waals surface area (Å²) in [6, 6.07) is 21.0. The Morgan fingerprint density at radius 2 is 1.64 bits per heavy atom. The number of hydrogen-bond acceptors (Lipinski definition) is 5. The van der Waals surface area contributed by atoms with E-state index in [1.54, 1.807) is 0 Å². The molecule has 0 bridgehead atoms. The van der Waals surface area contributed by atoms with Crippen LogP contribution in [0.1, 0.15) is 31.2 Å². The molecule has 4 nitrogen and oxygen atoms in total. The predicted octanol–water partition coefficient (Wildman–Crippen LogP) is 7.14. The Labute approximate surface area is 204 Å². The minimum atomic E-state index is 0.454. The number of hydrogen-bond donors (Lipinski definition) is 3. The van der Waals surface area contributed by atoms with Crippen LogP contribution in [0, 0.1) is 23.2 Å². The van der Waals surface area contributed by atoms with Crippen molar-refractivity contribution in [1.82, 2.24) is 9.71 Å². The maximum Gasteiger partial charge on any atom is 0.131 e. The molecule has 0 aliphatic heterocycles. The number of benzene rings is 2. The van der Waals surface area contributed by atoms with Crippen LogP contribution in [0.5, 0.6) is 0 Å². The molecule has 3 aromatic rings. The third-order valence-electron chi connectivity index (χ3n) is 9.07. The summed E-state index contributed by atoms with van der Waals surface area (Å²) in [4.78, 5) is 4.59. The molecule has 6 heteroatoms. The second kappa shape index (κ2) is 7.14. The van der Waals surface area contributed by atoms with E-state index in [2.05, 4.69) is 62.8 Å². The van der Waals surface area contributed by atoms with Crippen LogP contribution in [-0.2, 0) is 5.41 Å². The average Bonchev–Trinajstić information content (AvgIpc) is 2.75. The molecule has 168 valence electrons. The topological polar surface area (TPSA) is 49.0 Å². The van der Waals surface area contributed by atoms with E-state index in [1.807, 2.05) is 25.2 Å². The fourth-order valence-electron chi connectivity index (χ4n) is 7.92. The van der Waals surface area contributed by atoms with Gasteiger partial charge in [0.15, 0.2) is 0 Å². The van der Waals surface area contributed by atoms with Crippen molar-refractivity contribution in [2.24, 2.45) is 23.2 Å². The maximum atomic E-state index is 6.77. The Balaban J connectivity index is 1.05. The summed E-state index contributed by atoms with van der Waals surface area (Å²) in [6.45, 7) is 0. The predicted molar refractivity (Wildman–Crippen MR) is 137 cm³/mol. The molecule has 0 radical (unpaired) electrons. The van der Waals surface area contributed by atoms with E-state index >= 15 is 0 Å². The first-order valence-corrected chi connectivity index (χ1v) is 13.1.